The van der Waals surface area contributed by atoms with E-state index >= 15 is 0 Å². The highest BCUT2D eigenvalue weighted by atomic mass is 32.2. The van der Waals surface area contributed by atoms with Crippen LogP contribution in [0.4, 0.5) is 0 Å². The van der Waals surface area contributed by atoms with E-state index in [1.54, 1.807) is 13.1 Å². The van der Waals surface area contributed by atoms with E-state index in [0.717, 1.165) is 11.1 Å². The highest BCUT2D eigenvalue weighted by molar-refractivity contribution is 7.92. The lowest BCUT2D eigenvalue weighted by Gasteiger charge is -2.16. The quantitative estimate of drug-likeness (QED) is 0.898. The summed E-state index contributed by atoms with van der Waals surface area (Å²) < 4.78 is 23.6. The number of sulfone groups is 1. The van der Waals surface area contributed by atoms with E-state index in [9.17, 15) is 13.2 Å². The Morgan fingerprint density at radius 2 is 2.00 bits per heavy atom. The van der Waals surface area contributed by atoms with Crippen molar-refractivity contribution in [3.63, 3.8) is 0 Å². The lowest BCUT2D eigenvalue weighted by atomic mass is 10.0. The van der Waals surface area contributed by atoms with Crippen molar-refractivity contribution in [2.75, 3.05) is 5.75 Å². The SMILES string of the molecule is C[C@@H]1[C@H](NC(=O)c2c[nH]cc2Cc2ccccc2)CCS1(=O)=O. The van der Waals surface area contributed by atoms with Gasteiger partial charge in [0.15, 0.2) is 9.84 Å². The summed E-state index contributed by atoms with van der Waals surface area (Å²) in [5, 5.41) is 2.35. The van der Waals surface area contributed by atoms with E-state index < -0.39 is 15.1 Å². The van der Waals surface area contributed by atoms with Crippen molar-refractivity contribution in [3.05, 3.63) is 59.4 Å². The molecule has 1 aliphatic heterocycles. The Morgan fingerprint density at radius 1 is 1.26 bits per heavy atom. The van der Waals surface area contributed by atoms with Gasteiger partial charge in [-0.25, -0.2) is 8.42 Å². The predicted octanol–water partition coefficient (Wildman–Crippen LogP) is 1.91. The molecule has 6 heteroatoms. The molecule has 1 aromatic carbocycles. The average molecular weight is 332 g/mol. The summed E-state index contributed by atoms with van der Waals surface area (Å²) in [5.41, 5.74) is 2.60. The number of aromatic amines is 1. The van der Waals surface area contributed by atoms with E-state index in [2.05, 4.69) is 10.3 Å². The lowest BCUT2D eigenvalue weighted by molar-refractivity contribution is 0.0936. The maximum Gasteiger partial charge on any atom is 0.253 e. The molecule has 1 fully saturated rings. The van der Waals surface area contributed by atoms with Gasteiger partial charge in [0.25, 0.3) is 5.91 Å². The normalized spacial score (nSPS) is 22.8. The van der Waals surface area contributed by atoms with E-state index in [1.165, 1.54) is 0 Å². The van der Waals surface area contributed by atoms with Crippen LogP contribution in [-0.2, 0) is 16.3 Å². The molecule has 1 aliphatic rings. The molecule has 1 aromatic heterocycles. The molecule has 0 radical (unpaired) electrons. The zero-order valence-electron chi connectivity index (χ0n) is 13.0. The molecule has 1 saturated heterocycles. The summed E-state index contributed by atoms with van der Waals surface area (Å²) >= 11 is 0. The summed E-state index contributed by atoms with van der Waals surface area (Å²) in [6.45, 7) is 1.66. The monoisotopic (exact) mass is 332 g/mol. The number of hydrogen-bond donors (Lipinski definition) is 2. The minimum Gasteiger partial charge on any atom is -0.367 e. The molecule has 2 heterocycles. The van der Waals surface area contributed by atoms with Crippen molar-refractivity contribution in [3.8, 4) is 0 Å². The Kier molecular flexibility index (Phi) is 4.26. The first kappa shape index (κ1) is 15.8. The molecular weight excluding hydrogens is 312 g/mol. The van der Waals surface area contributed by atoms with Crippen LogP contribution in [0.2, 0.25) is 0 Å². The van der Waals surface area contributed by atoms with Crippen molar-refractivity contribution < 1.29 is 13.2 Å². The van der Waals surface area contributed by atoms with Crippen molar-refractivity contribution >= 4 is 15.7 Å². The van der Waals surface area contributed by atoms with Crippen LogP contribution in [0.15, 0.2) is 42.7 Å². The molecule has 2 aromatic rings. The Hall–Kier alpha value is -2.08. The van der Waals surface area contributed by atoms with Crippen LogP contribution >= 0.6 is 0 Å². The van der Waals surface area contributed by atoms with Gasteiger partial charge < -0.3 is 10.3 Å². The molecule has 5 nitrogen and oxygen atoms in total. The van der Waals surface area contributed by atoms with Crippen LogP contribution < -0.4 is 5.32 Å². The zero-order chi connectivity index (χ0) is 16.4. The van der Waals surface area contributed by atoms with E-state index in [-0.39, 0.29) is 17.7 Å². The lowest BCUT2D eigenvalue weighted by Crippen LogP contribution is -2.40. The third-order valence-electron chi connectivity index (χ3n) is 4.48. The Balaban J connectivity index is 1.73. The van der Waals surface area contributed by atoms with E-state index in [1.807, 2.05) is 36.5 Å². The molecule has 0 unspecified atom stereocenters. The molecule has 0 bridgehead atoms. The first-order valence-corrected chi connectivity index (χ1v) is 9.41. The summed E-state index contributed by atoms with van der Waals surface area (Å²) in [7, 11) is -3.07. The van der Waals surface area contributed by atoms with Crippen LogP contribution in [-0.4, -0.2) is 36.4 Å². The van der Waals surface area contributed by atoms with Gasteiger partial charge in [0.1, 0.15) is 0 Å². The van der Waals surface area contributed by atoms with Crippen LogP contribution in [0.5, 0.6) is 0 Å². The van der Waals surface area contributed by atoms with Gasteiger partial charge in [-0.2, -0.15) is 0 Å². The summed E-state index contributed by atoms with van der Waals surface area (Å²) in [6, 6.07) is 9.60. The Bertz CT molecular complexity index is 796. The fourth-order valence-electron chi connectivity index (χ4n) is 2.97. The average Bonchev–Trinajstić information content (AvgIpc) is 3.08. The standard InChI is InChI=1S/C17H20N2O3S/c1-12-16(7-8-23(12,21)22)19-17(20)15-11-18-10-14(15)9-13-5-3-2-4-6-13/h2-6,10-12,16,18H,7-9H2,1H3,(H,19,20)/t12-,16-/m1/s1. The molecule has 0 spiro atoms. The third-order valence-corrected chi connectivity index (χ3v) is 6.74. The maximum absolute atomic E-state index is 12.5. The van der Waals surface area contributed by atoms with Gasteiger partial charge in [0.05, 0.1) is 16.6 Å². The molecule has 122 valence electrons. The van der Waals surface area contributed by atoms with Crippen molar-refractivity contribution in [1.29, 1.82) is 0 Å². The summed E-state index contributed by atoms with van der Waals surface area (Å²) in [5.74, 6) is -0.0746. The number of aromatic nitrogens is 1. The van der Waals surface area contributed by atoms with Gasteiger partial charge in [-0.1, -0.05) is 30.3 Å². The van der Waals surface area contributed by atoms with Crippen LogP contribution in [0.3, 0.4) is 0 Å². The molecule has 1 amide bonds. The number of benzene rings is 1. The van der Waals surface area contributed by atoms with Crippen molar-refractivity contribution in [2.45, 2.75) is 31.1 Å². The van der Waals surface area contributed by atoms with Gasteiger partial charge >= 0.3 is 0 Å². The van der Waals surface area contributed by atoms with Crippen LogP contribution in [0.1, 0.15) is 34.8 Å². The molecule has 2 N–H and O–H groups in total. The maximum atomic E-state index is 12.5. The highest BCUT2D eigenvalue weighted by Crippen LogP contribution is 2.21. The second-order valence-electron chi connectivity index (χ2n) is 6.00. The molecule has 0 saturated carbocycles. The van der Waals surface area contributed by atoms with Gasteiger partial charge in [0, 0.05) is 18.4 Å². The van der Waals surface area contributed by atoms with Crippen LogP contribution in [0.25, 0.3) is 0 Å². The largest absolute Gasteiger partial charge is 0.367 e. The number of rotatable bonds is 4. The number of nitrogens with one attached hydrogen (secondary N) is 2. The fraction of sp³-hybridized carbons (Fsp3) is 0.353. The second kappa shape index (κ2) is 6.20. The first-order chi connectivity index (χ1) is 11.0. The predicted molar refractivity (Wildman–Crippen MR) is 89.2 cm³/mol. The topological polar surface area (TPSA) is 79.0 Å². The second-order valence-corrected chi connectivity index (χ2v) is 8.47. The fourth-order valence-corrected chi connectivity index (χ4v) is 4.63. The molecule has 23 heavy (non-hydrogen) atoms. The van der Waals surface area contributed by atoms with Gasteiger partial charge in [0.2, 0.25) is 0 Å². The van der Waals surface area contributed by atoms with Crippen LogP contribution in [0, 0.1) is 0 Å². The summed E-state index contributed by atoms with van der Waals surface area (Å²) in [4.78, 5) is 15.5. The van der Waals surface area contributed by atoms with Gasteiger partial charge in [-0.3, -0.25) is 4.79 Å². The number of carbonyl (C=O) groups excluding carboxylic acids is 1. The number of carbonyl (C=O) groups is 1. The molecule has 3 rings (SSSR count). The third kappa shape index (κ3) is 3.32. The Labute approximate surface area is 136 Å². The molecule has 2 atom stereocenters. The highest BCUT2D eigenvalue weighted by Gasteiger charge is 2.37. The van der Waals surface area contributed by atoms with Crippen molar-refractivity contribution in [2.24, 2.45) is 0 Å². The smallest absolute Gasteiger partial charge is 0.253 e. The minimum absolute atomic E-state index is 0.142. The Morgan fingerprint density at radius 3 is 2.65 bits per heavy atom. The first-order valence-electron chi connectivity index (χ1n) is 7.69. The van der Waals surface area contributed by atoms with Crippen molar-refractivity contribution in [1.82, 2.24) is 10.3 Å². The zero-order valence-corrected chi connectivity index (χ0v) is 13.8. The number of amides is 1. The number of H-pyrrole nitrogens is 1. The van der Waals surface area contributed by atoms with Gasteiger partial charge in [-0.15, -0.1) is 0 Å². The number of hydrogen-bond acceptors (Lipinski definition) is 3. The minimum atomic E-state index is -3.07. The molecule has 0 aliphatic carbocycles. The van der Waals surface area contributed by atoms with Gasteiger partial charge in [-0.05, 0) is 30.9 Å². The van der Waals surface area contributed by atoms with E-state index in [0.29, 0.717) is 18.4 Å². The summed E-state index contributed by atoms with van der Waals surface area (Å²) in [6.07, 6.45) is 4.62. The molecular formula is C17H20N2O3S. The van der Waals surface area contributed by atoms with E-state index in [4.69, 9.17) is 0 Å².